The smallest absolute Gasteiger partial charge is 0.167 e. The molecule has 0 aromatic carbocycles. The molecule has 0 bridgehead atoms. The number of aromatic nitrogens is 1. The van der Waals surface area contributed by atoms with E-state index in [1.165, 1.54) is 19.3 Å². The Balaban J connectivity index is 2.57. The molecule has 4 heteroatoms. The van der Waals surface area contributed by atoms with E-state index in [9.17, 15) is 4.79 Å². The summed E-state index contributed by atoms with van der Waals surface area (Å²) >= 11 is 5.63. The summed E-state index contributed by atoms with van der Waals surface area (Å²) in [7, 11) is 0. The maximum atomic E-state index is 10.5. The lowest BCUT2D eigenvalue weighted by molar-refractivity contribution is -0.118. The summed E-state index contributed by atoms with van der Waals surface area (Å²) in [5.74, 6) is 0.479. The van der Waals surface area contributed by atoms with Gasteiger partial charge >= 0.3 is 0 Å². The number of Topliss-reactive ketones (excluding diaryl/α,β-unsaturated/α-hetero) is 1. The number of hydrogen-bond acceptors (Lipinski definition) is 3. The number of halogens is 1. The predicted molar refractivity (Wildman–Crippen MR) is 45.4 cm³/mol. The molecule has 1 aromatic heterocycles. The summed E-state index contributed by atoms with van der Waals surface area (Å²) in [5.41, 5.74) is 0. The fourth-order valence-electron chi connectivity index (χ4n) is 0.656. The minimum absolute atomic E-state index is 0.0324. The molecule has 0 spiro atoms. The Labute approximate surface area is 75.3 Å². The van der Waals surface area contributed by atoms with E-state index in [1.54, 1.807) is 6.07 Å². The number of carbonyl (C=O) groups is 1. The van der Waals surface area contributed by atoms with Gasteiger partial charge in [-0.2, -0.15) is 0 Å². The van der Waals surface area contributed by atoms with Crippen LogP contribution in [0.25, 0.3) is 0 Å². The maximum Gasteiger partial charge on any atom is 0.167 e. The average molecular weight is 186 g/mol. The summed E-state index contributed by atoms with van der Waals surface area (Å²) in [6.07, 6.45) is 3.01. The highest BCUT2D eigenvalue weighted by molar-refractivity contribution is 6.30. The molecular formula is C8H8ClNO2. The van der Waals surface area contributed by atoms with E-state index in [1.807, 2.05) is 0 Å². The van der Waals surface area contributed by atoms with Crippen molar-refractivity contribution in [1.82, 2.24) is 4.98 Å². The molecular weight excluding hydrogens is 178 g/mol. The van der Waals surface area contributed by atoms with Gasteiger partial charge in [0.05, 0.1) is 11.2 Å². The molecule has 0 atom stereocenters. The van der Waals surface area contributed by atoms with Crippen molar-refractivity contribution < 1.29 is 9.53 Å². The van der Waals surface area contributed by atoms with Crippen molar-refractivity contribution in [2.45, 2.75) is 6.92 Å². The maximum absolute atomic E-state index is 10.5. The highest BCUT2D eigenvalue weighted by Gasteiger charge is 1.97. The number of nitrogens with zero attached hydrogens (tertiary/aromatic N) is 1. The van der Waals surface area contributed by atoms with E-state index >= 15 is 0 Å². The first kappa shape index (κ1) is 9.00. The quantitative estimate of drug-likeness (QED) is 0.720. The molecule has 0 aliphatic rings. The monoisotopic (exact) mass is 185 g/mol. The Bertz CT molecular complexity index is 288. The zero-order valence-corrected chi connectivity index (χ0v) is 7.34. The molecule has 0 amide bonds. The van der Waals surface area contributed by atoms with Crippen LogP contribution in [0.3, 0.4) is 0 Å². The van der Waals surface area contributed by atoms with Crippen LogP contribution in [0.2, 0.25) is 5.02 Å². The van der Waals surface area contributed by atoms with Gasteiger partial charge < -0.3 is 4.74 Å². The zero-order valence-electron chi connectivity index (χ0n) is 6.58. The first-order valence-corrected chi connectivity index (χ1v) is 3.79. The van der Waals surface area contributed by atoms with E-state index in [0.29, 0.717) is 10.8 Å². The number of pyridine rings is 1. The van der Waals surface area contributed by atoms with Crippen molar-refractivity contribution in [1.29, 1.82) is 0 Å². The molecule has 0 saturated heterocycles. The molecule has 0 saturated carbocycles. The highest BCUT2D eigenvalue weighted by Crippen LogP contribution is 2.14. The van der Waals surface area contributed by atoms with Crippen LogP contribution in [0.5, 0.6) is 5.75 Å². The van der Waals surface area contributed by atoms with Crippen LogP contribution in [0, 0.1) is 0 Å². The van der Waals surface area contributed by atoms with Crippen molar-refractivity contribution in [3.63, 3.8) is 0 Å². The average Bonchev–Trinajstić information content (AvgIpc) is 2.01. The Hall–Kier alpha value is -1.09. The Morgan fingerprint density at radius 2 is 2.42 bits per heavy atom. The third-order valence-corrected chi connectivity index (χ3v) is 1.33. The zero-order chi connectivity index (χ0) is 8.97. The molecule has 0 unspecified atom stereocenters. The fraction of sp³-hybridized carbons (Fsp3) is 0.250. The lowest BCUT2D eigenvalue weighted by atomic mass is 10.4. The number of rotatable bonds is 3. The van der Waals surface area contributed by atoms with Crippen molar-refractivity contribution >= 4 is 17.4 Å². The molecule has 0 N–H and O–H groups in total. The Morgan fingerprint density at radius 3 is 3.00 bits per heavy atom. The van der Waals surface area contributed by atoms with E-state index in [-0.39, 0.29) is 12.4 Å². The number of carbonyl (C=O) groups excluding carboxylic acids is 1. The summed E-state index contributed by atoms with van der Waals surface area (Å²) in [4.78, 5) is 14.3. The van der Waals surface area contributed by atoms with Gasteiger partial charge in [0.15, 0.2) is 5.78 Å². The van der Waals surface area contributed by atoms with Crippen LogP contribution in [-0.4, -0.2) is 17.4 Å². The largest absolute Gasteiger partial charge is 0.484 e. The molecule has 64 valence electrons. The molecule has 0 fully saturated rings. The van der Waals surface area contributed by atoms with Crippen LogP contribution in [0.4, 0.5) is 0 Å². The normalized spacial score (nSPS) is 9.50. The third kappa shape index (κ3) is 2.88. The molecule has 1 rings (SSSR count). The van der Waals surface area contributed by atoms with Gasteiger partial charge in [0.25, 0.3) is 0 Å². The SMILES string of the molecule is CC(=O)COc1cncc(Cl)c1. The predicted octanol–water partition coefficient (Wildman–Crippen LogP) is 1.70. The molecule has 0 aliphatic heterocycles. The van der Waals surface area contributed by atoms with Gasteiger partial charge in [-0.25, -0.2) is 0 Å². The van der Waals surface area contributed by atoms with Gasteiger partial charge in [0.2, 0.25) is 0 Å². The Morgan fingerprint density at radius 1 is 1.67 bits per heavy atom. The van der Waals surface area contributed by atoms with E-state index < -0.39 is 0 Å². The van der Waals surface area contributed by atoms with Gasteiger partial charge in [-0.3, -0.25) is 9.78 Å². The molecule has 0 aliphatic carbocycles. The lowest BCUT2D eigenvalue weighted by Crippen LogP contribution is -2.06. The summed E-state index contributed by atoms with van der Waals surface area (Å²) < 4.78 is 5.05. The molecule has 0 radical (unpaired) electrons. The minimum atomic E-state index is -0.0324. The second-order valence-electron chi connectivity index (χ2n) is 2.33. The standard InChI is InChI=1S/C8H8ClNO2/c1-6(11)5-12-8-2-7(9)3-10-4-8/h2-4H,5H2,1H3. The summed E-state index contributed by atoms with van der Waals surface area (Å²) in [6.45, 7) is 1.51. The highest BCUT2D eigenvalue weighted by atomic mass is 35.5. The molecule has 3 nitrogen and oxygen atoms in total. The Kier molecular flexibility index (Phi) is 3.05. The van der Waals surface area contributed by atoms with Crippen molar-refractivity contribution in [2.24, 2.45) is 0 Å². The van der Waals surface area contributed by atoms with Crippen molar-refractivity contribution in [2.75, 3.05) is 6.61 Å². The van der Waals surface area contributed by atoms with Gasteiger partial charge in [-0.15, -0.1) is 0 Å². The lowest BCUT2D eigenvalue weighted by Gasteiger charge is -2.01. The van der Waals surface area contributed by atoms with Crippen molar-refractivity contribution in [3.8, 4) is 5.75 Å². The number of ketones is 1. The second-order valence-corrected chi connectivity index (χ2v) is 2.77. The van der Waals surface area contributed by atoms with Gasteiger partial charge in [0.1, 0.15) is 12.4 Å². The summed E-state index contributed by atoms with van der Waals surface area (Å²) in [6, 6.07) is 1.61. The topological polar surface area (TPSA) is 39.2 Å². The second kappa shape index (κ2) is 4.07. The van der Waals surface area contributed by atoms with E-state index in [4.69, 9.17) is 16.3 Å². The van der Waals surface area contributed by atoms with E-state index in [2.05, 4.69) is 4.98 Å². The first-order chi connectivity index (χ1) is 5.68. The number of ether oxygens (including phenoxy) is 1. The van der Waals surface area contributed by atoms with Crippen LogP contribution in [0.15, 0.2) is 18.5 Å². The van der Waals surface area contributed by atoms with E-state index in [0.717, 1.165) is 0 Å². The van der Waals surface area contributed by atoms with Crippen molar-refractivity contribution in [3.05, 3.63) is 23.5 Å². The van der Waals surface area contributed by atoms with Gasteiger partial charge in [-0.05, 0) is 6.92 Å². The number of hydrogen-bond donors (Lipinski definition) is 0. The fourth-order valence-corrected chi connectivity index (χ4v) is 0.820. The molecule has 1 heterocycles. The van der Waals surface area contributed by atoms with Crippen LogP contribution in [-0.2, 0) is 4.79 Å². The van der Waals surface area contributed by atoms with Gasteiger partial charge in [-0.1, -0.05) is 11.6 Å². The van der Waals surface area contributed by atoms with Gasteiger partial charge in [0, 0.05) is 12.3 Å². The van der Waals surface area contributed by atoms with Crippen LogP contribution < -0.4 is 4.74 Å². The van der Waals surface area contributed by atoms with Crippen LogP contribution in [0.1, 0.15) is 6.92 Å². The molecule has 1 aromatic rings. The third-order valence-electron chi connectivity index (χ3n) is 1.12. The summed E-state index contributed by atoms with van der Waals surface area (Å²) in [5, 5.41) is 0.496. The van der Waals surface area contributed by atoms with Crippen LogP contribution >= 0.6 is 11.6 Å². The first-order valence-electron chi connectivity index (χ1n) is 3.41. The minimum Gasteiger partial charge on any atom is -0.484 e. The molecule has 12 heavy (non-hydrogen) atoms.